The fraction of sp³-hybridized carbons (Fsp3) is 0.571. The fourth-order valence-corrected chi connectivity index (χ4v) is 0.695. The molecule has 1 atom stereocenters. The van der Waals surface area contributed by atoms with Crippen molar-refractivity contribution in [2.24, 2.45) is 0 Å². The summed E-state index contributed by atoms with van der Waals surface area (Å²) in [5.41, 5.74) is 0. The fourth-order valence-electron chi connectivity index (χ4n) is 0.695. The molecule has 0 saturated carbocycles. The number of rotatable bonds is 5. The van der Waals surface area contributed by atoms with E-state index in [4.69, 9.17) is 20.4 Å². The molecule has 0 aromatic heterocycles. The monoisotopic (exact) mass is 192 g/mol. The van der Waals surface area contributed by atoms with E-state index in [2.05, 4.69) is 4.74 Å². The van der Waals surface area contributed by atoms with Crippen LogP contribution >= 0.6 is 0 Å². The van der Waals surface area contributed by atoms with Crippen LogP contribution in [0.15, 0.2) is 11.5 Å². The molecule has 0 fully saturated rings. The normalized spacial score (nSPS) is 14.9. The molecule has 76 valence electrons. The van der Waals surface area contributed by atoms with Crippen molar-refractivity contribution in [3.05, 3.63) is 11.5 Å². The first-order chi connectivity index (χ1) is 5.99. The molecule has 0 aromatic carbocycles. The number of hydrogen-bond donors (Lipinski definition) is 4. The molecule has 6 heteroatoms. The molecule has 13 heavy (non-hydrogen) atoms. The van der Waals surface area contributed by atoms with Gasteiger partial charge in [0.1, 0.15) is 5.76 Å². The van der Waals surface area contributed by atoms with Gasteiger partial charge in [-0.15, -0.1) is 0 Å². The van der Waals surface area contributed by atoms with Gasteiger partial charge in [-0.25, -0.2) is 4.79 Å². The second-order valence-corrected chi connectivity index (χ2v) is 2.41. The van der Waals surface area contributed by atoms with Gasteiger partial charge in [0, 0.05) is 13.5 Å². The average molecular weight is 192 g/mol. The highest BCUT2D eigenvalue weighted by Gasteiger charge is 2.15. The first-order valence-corrected chi connectivity index (χ1v) is 3.50. The van der Waals surface area contributed by atoms with Crippen LogP contribution in [-0.4, -0.2) is 46.2 Å². The van der Waals surface area contributed by atoms with Crippen molar-refractivity contribution in [1.29, 1.82) is 0 Å². The second-order valence-electron chi connectivity index (χ2n) is 2.41. The van der Waals surface area contributed by atoms with Gasteiger partial charge in [0.25, 0.3) is 0 Å². The molecule has 0 rings (SSSR count). The minimum absolute atomic E-state index is 0.0447. The molecule has 0 bridgehead atoms. The summed E-state index contributed by atoms with van der Waals surface area (Å²) in [6.07, 6.45) is -1.39. The number of carboxylic acid groups (broad SMARTS) is 1. The predicted molar refractivity (Wildman–Crippen MR) is 42.4 cm³/mol. The Morgan fingerprint density at radius 3 is 2.31 bits per heavy atom. The van der Waals surface area contributed by atoms with Crippen LogP contribution in [0.5, 0.6) is 0 Å². The highest BCUT2D eigenvalue weighted by molar-refractivity contribution is 5.84. The Kier molecular flexibility index (Phi) is 4.86. The summed E-state index contributed by atoms with van der Waals surface area (Å²) in [5.74, 6) is -3.56. The van der Waals surface area contributed by atoms with E-state index in [-0.39, 0.29) is 13.0 Å². The highest BCUT2D eigenvalue weighted by Crippen LogP contribution is 2.06. The summed E-state index contributed by atoms with van der Waals surface area (Å²) in [5, 5.41) is 34.9. The zero-order valence-electron chi connectivity index (χ0n) is 7.10. The van der Waals surface area contributed by atoms with Crippen LogP contribution in [0.3, 0.4) is 0 Å². The number of ether oxygens (including phenoxy) is 1. The zero-order chi connectivity index (χ0) is 10.4. The topological polar surface area (TPSA) is 107 Å². The minimum Gasteiger partial charge on any atom is -0.508 e. The second kappa shape index (κ2) is 5.39. The summed E-state index contributed by atoms with van der Waals surface area (Å²) in [6, 6.07) is 0. The van der Waals surface area contributed by atoms with Crippen LogP contribution in [-0.2, 0) is 9.53 Å². The Morgan fingerprint density at radius 1 is 1.38 bits per heavy atom. The molecule has 0 heterocycles. The number of aliphatic carboxylic acids is 1. The van der Waals surface area contributed by atoms with E-state index in [1.54, 1.807) is 0 Å². The average Bonchev–Trinajstić information content (AvgIpc) is 2.03. The van der Waals surface area contributed by atoms with Gasteiger partial charge in [-0.2, -0.15) is 0 Å². The Morgan fingerprint density at radius 2 is 1.92 bits per heavy atom. The molecule has 0 amide bonds. The molecule has 0 spiro atoms. The van der Waals surface area contributed by atoms with E-state index < -0.39 is 23.6 Å². The lowest BCUT2D eigenvalue weighted by atomic mass is 10.2. The van der Waals surface area contributed by atoms with Crippen molar-refractivity contribution in [3.63, 3.8) is 0 Å². The Balaban J connectivity index is 4.19. The summed E-state index contributed by atoms with van der Waals surface area (Å²) in [6.45, 7) is -0.0447. The number of aliphatic hydroxyl groups is 3. The van der Waals surface area contributed by atoms with Gasteiger partial charge in [-0.05, 0) is 0 Å². The van der Waals surface area contributed by atoms with Crippen LogP contribution in [0.25, 0.3) is 0 Å². The maximum Gasteiger partial charge on any atom is 0.374 e. The van der Waals surface area contributed by atoms with Crippen molar-refractivity contribution < 1.29 is 30.0 Å². The van der Waals surface area contributed by atoms with Crippen LogP contribution in [0.4, 0.5) is 0 Å². The van der Waals surface area contributed by atoms with Crippen molar-refractivity contribution in [2.75, 3.05) is 13.7 Å². The van der Waals surface area contributed by atoms with Gasteiger partial charge >= 0.3 is 5.97 Å². The summed E-state index contributed by atoms with van der Waals surface area (Å²) >= 11 is 0. The summed E-state index contributed by atoms with van der Waals surface area (Å²) < 4.78 is 4.53. The van der Waals surface area contributed by atoms with Gasteiger partial charge in [0.15, 0.2) is 0 Å². The molecule has 1 unspecified atom stereocenters. The van der Waals surface area contributed by atoms with E-state index in [1.165, 1.54) is 7.11 Å². The Hall–Kier alpha value is -1.27. The standard InChI is InChI=1S/C7H12O6/c1-13-3-4(8)2-5(9)6(10)7(11)12/h4,8-10H,2-3H2,1H3,(H,11,12)/b6-5-. The lowest BCUT2D eigenvalue weighted by Crippen LogP contribution is -2.16. The van der Waals surface area contributed by atoms with Crippen molar-refractivity contribution >= 4 is 5.97 Å². The maximum absolute atomic E-state index is 10.1. The predicted octanol–water partition coefficient (Wildman–Crippen LogP) is -0.204. The third-order valence-electron chi connectivity index (χ3n) is 1.26. The van der Waals surface area contributed by atoms with Gasteiger partial charge in [-0.1, -0.05) is 0 Å². The first-order valence-electron chi connectivity index (χ1n) is 3.50. The van der Waals surface area contributed by atoms with Gasteiger partial charge in [0.2, 0.25) is 5.76 Å². The summed E-state index contributed by atoms with van der Waals surface area (Å²) in [4.78, 5) is 10.1. The van der Waals surface area contributed by atoms with Gasteiger partial charge in [-0.3, -0.25) is 0 Å². The third kappa shape index (κ3) is 4.34. The molecule has 0 saturated heterocycles. The minimum atomic E-state index is -1.64. The largest absolute Gasteiger partial charge is 0.508 e. The van der Waals surface area contributed by atoms with E-state index in [0.717, 1.165) is 0 Å². The van der Waals surface area contributed by atoms with Crippen LogP contribution in [0, 0.1) is 0 Å². The van der Waals surface area contributed by atoms with E-state index in [0.29, 0.717) is 0 Å². The number of aliphatic hydroxyl groups excluding tert-OH is 3. The number of carbonyl (C=O) groups is 1. The molecular formula is C7H12O6. The molecule has 0 aliphatic carbocycles. The highest BCUT2D eigenvalue weighted by atomic mass is 16.5. The number of carboxylic acids is 1. The zero-order valence-corrected chi connectivity index (χ0v) is 7.10. The third-order valence-corrected chi connectivity index (χ3v) is 1.26. The molecule has 0 aliphatic heterocycles. The molecule has 6 nitrogen and oxygen atoms in total. The quantitative estimate of drug-likeness (QED) is 0.355. The molecule has 0 aromatic rings. The van der Waals surface area contributed by atoms with Gasteiger partial charge in [0.05, 0.1) is 12.7 Å². The Labute approximate surface area is 74.7 Å². The SMILES string of the molecule is COCC(O)C/C(O)=C(/O)C(=O)O. The van der Waals surface area contributed by atoms with Crippen molar-refractivity contribution in [3.8, 4) is 0 Å². The van der Waals surface area contributed by atoms with Crippen LogP contribution < -0.4 is 0 Å². The smallest absolute Gasteiger partial charge is 0.374 e. The van der Waals surface area contributed by atoms with Crippen LogP contribution in [0.2, 0.25) is 0 Å². The van der Waals surface area contributed by atoms with E-state index in [1.807, 2.05) is 0 Å². The molecular weight excluding hydrogens is 180 g/mol. The van der Waals surface area contributed by atoms with Crippen molar-refractivity contribution in [1.82, 2.24) is 0 Å². The molecule has 4 N–H and O–H groups in total. The molecule has 0 aliphatic rings. The van der Waals surface area contributed by atoms with Gasteiger partial charge < -0.3 is 25.2 Å². The van der Waals surface area contributed by atoms with Crippen molar-refractivity contribution in [2.45, 2.75) is 12.5 Å². The van der Waals surface area contributed by atoms with E-state index >= 15 is 0 Å². The van der Waals surface area contributed by atoms with Crippen LogP contribution in [0.1, 0.15) is 6.42 Å². The first kappa shape index (κ1) is 11.7. The lowest BCUT2D eigenvalue weighted by Gasteiger charge is -2.08. The number of hydrogen-bond acceptors (Lipinski definition) is 5. The maximum atomic E-state index is 10.1. The lowest BCUT2D eigenvalue weighted by molar-refractivity contribution is -0.136. The van der Waals surface area contributed by atoms with E-state index in [9.17, 15) is 4.79 Å². The molecule has 0 radical (unpaired) electrons. The number of methoxy groups -OCH3 is 1. The Bertz CT molecular complexity index is 209. The summed E-state index contributed by atoms with van der Waals surface area (Å²) in [7, 11) is 1.35.